The van der Waals surface area contributed by atoms with Crippen molar-refractivity contribution in [1.82, 2.24) is 15.1 Å². The maximum absolute atomic E-state index is 14.2. The Hall–Kier alpha value is -4.29. The fraction of sp³-hybridized carbons (Fsp3) is 0.207. The van der Waals surface area contributed by atoms with Crippen molar-refractivity contribution in [2.24, 2.45) is 5.73 Å². The molecule has 5 rings (SSSR count). The van der Waals surface area contributed by atoms with Gasteiger partial charge >= 0.3 is 6.18 Å². The van der Waals surface area contributed by atoms with Crippen molar-refractivity contribution < 1.29 is 31.5 Å². The number of nitrogens with two attached hydrogens (primary N) is 1. The van der Waals surface area contributed by atoms with Crippen molar-refractivity contribution in [3.05, 3.63) is 105 Å². The number of halogens is 6. The molecule has 4 aromatic rings. The van der Waals surface area contributed by atoms with Crippen LogP contribution in [0.1, 0.15) is 57.3 Å². The van der Waals surface area contributed by atoms with E-state index in [4.69, 9.17) is 17.3 Å². The van der Waals surface area contributed by atoms with Crippen LogP contribution in [0.25, 0.3) is 11.1 Å². The van der Waals surface area contributed by atoms with Gasteiger partial charge < -0.3 is 16.4 Å². The van der Waals surface area contributed by atoms with Crippen LogP contribution in [-0.2, 0) is 11.7 Å². The first-order chi connectivity index (χ1) is 19.7. The summed E-state index contributed by atoms with van der Waals surface area (Å²) >= 11 is 6.33. The highest BCUT2D eigenvalue weighted by molar-refractivity contribution is 6.31. The summed E-state index contributed by atoms with van der Waals surface area (Å²) in [5, 5.41) is 9.73. The molecule has 1 aliphatic heterocycles. The quantitative estimate of drug-likeness (QED) is 0.226. The average molecular weight is 604 g/mol. The maximum Gasteiger partial charge on any atom is 0.416 e. The van der Waals surface area contributed by atoms with Crippen LogP contribution in [0.15, 0.2) is 60.9 Å². The third-order valence-corrected chi connectivity index (χ3v) is 7.37. The first kappa shape index (κ1) is 29.2. The molecule has 1 aliphatic rings. The molecule has 0 bridgehead atoms. The first-order valence-corrected chi connectivity index (χ1v) is 12.9. The van der Waals surface area contributed by atoms with E-state index in [2.05, 4.69) is 15.7 Å². The highest BCUT2D eigenvalue weighted by Gasteiger charge is 2.36. The van der Waals surface area contributed by atoms with Crippen LogP contribution in [0.4, 0.5) is 27.6 Å². The zero-order valence-corrected chi connectivity index (χ0v) is 22.9. The number of anilines is 1. The van der Waals surface area contributed by atoms with Gasteiger partial charge in [0.25, 0.3) is 11.8 Å². The Morgan fingerprint density at radius 1 is 1.07 bits per heavy atom. The molecule has 1 atom stereocenters. The predicted octanol–water partition coefficient (Wildman–Crippen LogP) is 6.28. The lowest BCUT2D eigenvalue weighted by Gasteiger charge is -2.22. The summed E-state index contributed by atoms with van der Waals surface area (Å²) in [7, 11) is 0. The smallest absolute Gasteiger partial charge is 0.341 e. The van der Waals surface area contributed by atoms with E-state index in [9.17, 15) is 31.5 Å². The fourth-order valence-corrected chi connectivity index (χ4v) is 4.87. The van der Waals surface area contributed by atoms with Gasteiger partial charge in [-0.1, -0.05) is 11.6 Å². The minimum Gasteiger partial charge on any atom is -0.341 e. The van der Waals surface area contributed by atoms with Crippen molar-refractivity contribution in [3.8, 4) is 11.1 Å². The number of carbonyl (C=O) groups excluding carboxylic acids is 2. The van der Waals surface area contributed by atoms with E-state index in [0.717, 1.165) is 12.1 Å². The Balaban J connectivity index is 1.66. The summed E-state index contributed by atoms with van der Waals surface area (Å²) in [6, 6.07) is 7.07. The van der Waals surface area contributed by atoms with Crippen molar-refractivity contribution >= 4 is 29.1 Å². The molecule has 0 saturated heterocycles. The van der Waals surface area contributed by atoms with Crippen LogP contribution >= 0.6 is 11.6 Å². The molecule has 0 spiro atoms. The molecule has 1 aromatic heterocycles. The van der Waals surface area contributed by atoms with Gasteiger partial charge in [0.1, 0.15) is 11.6 Å². The highest BCUT2D eigenvalue weighted by atomic mass is 35.5. The van der Waals surface area contributed by atoms with Crippen molar-refractivity contribution in [1.29, 1.82) is 0 Å². The molecule has 4 N–H and O–H groups in total. The highest BCUT2D eigenvalue weighted by Crippen LogP contribution is 2.42. The number of carbonyl (C=O) groups is 2. The van der Waals surface area contributed by atoms with Gasteiger partial charge in [0.2, 0.25) is 0 Å². The van der Waals surface area contributed by atoms with E-state index < -0.39 is 52.3 Å². The topological polar surface area (TPSA) is 102 Å². The summed E-state index contributed by atoms with van der Waals surface area (Å²) in [5.41, 5.74) is 4.85. The SMILES string of the molecule is CC(C)(CN)n1cc(-c2cc(NC(=O)c3cc(F)cc(C(F)(F)F)c3)c3c(c2)C(=O)NC3c2cc(F)ccc2Cl)cn1. The zero-order chi connectivity index (χ0) is 30.6. The number of nitrogens with zero attached hydrogens (tertiary/aromatic N) is 2. The molecular formula is C29H23ClF5N5O2. The molecule has 0 aliphatic carbocycles. The number of fused-ring (bicyclic) bond motifs is 1. The summed E-state index contributed by atoms with van der Waals surface area (Å²) in [6.07, 6.45) is -1.68. The number of hydrogen-bond acceptors (Lipinski definition) is 4. The number of aromatic nitrogens is 2. The minimum atomic E-state index is -4.90. The van der Waals surface area contributed by atoms with Gasteiger partial charge in [0.15, 0.2) is 0 Å². The molecule has 3 aromatic carbocycles. The van der Waals surface area contributed by atoms with E-state index in [0.29, 0.717) is 23.3 Å². The van der Waals surface area contributed by atoms with Crippen LogP contribution in [-0.4, -0.2) is 28.1 Å². The van der Waals surface area contributed by atoms with Crippen molar-refractivity contribution in [2.45, 2.75) is 31.6 Å². The summed E-state index contributed by atoms with van der Waals surface area (Å²) < 4.78 is 69.9. The predicted molar refractivity (Wildman–Crippen MR) is 146 cm³/mol. The maximum atomic E-state index is 14.2. The zero-order valence-electron chi connectivity index (χ0n) is 22.1. The van der Waals surface area contributed by atoms with E-state index in [1.54, 1.807) is 16.9 Å². The second-order valence-corrected chi connectivity index (χ2v) is 10.8. The second kappa shape index (κ2) is 10.5. The number of amides is 2. The third-order valence-electron chi connectivity index (χ3n) is 7.03. The van der Waals surface area contributed by atoms with E-state index >= 15 is 0 Å². The van der Waals surface area contributed by atoms with Crippen LogP contribution < -0.4 is 16.4 Å². The Morgan fingerprint density at radius 3 is 2.50 bits per heavy atom. The van der Waals surface area contributed by atoms with E-state index in [1.165, 1.54) is 18.3 Å². The molecule has 0 fully saturated rings. The molecule has 0 radical (unpaired) electrons. The van der Waals surface area contributed by atoms with E-state index in [-0.39, 0.29) is 40.0 Å². The van der Waals surface area contributed by atoms with Gasteiger partial charge in [-0.15, -0.1) is 0 Å². The van der Waals surface area contributed by atoms with Gasteiger partial charge in [-0.3, -0.25) is 14.3 Å². The Kier molecular flexibility index (Phi) is 7.32. The van der Waals surface area contributed by atoms with Crippen LogP contribution in [0.5, 0.6) is 0 Å². The molecular weight excluding hydrogens is 581 g/mol. The average Bonchev–Trinajstić information content (AvgIpc) is 3.55. The molecule has 7 nitrogen and oxygen atoms in total. The van der Waals surface area contributed by atoms with Crippen LogP contribution in [0.2, 0.25) is 5.02 Å². The van der Waals surface area contributed by atoms with Gasteiger partial charge in [-0.05, 0) is 67.9 Å². The first-order valence-electron chi connectivity index (χ1n) is 12.6. The van der Waals surface area contributed by atoms with E-state index in [1.807, 2.05) is 13.8 Å². The summed E-state index contributed by atoms with van der Waals surface area (Å²) in [5.74, 6) is -3.52. The van der Waals surface area contributed by atoms with Gasteiger partial charge in [0.05, 0.1) is 23.3 Å². The molecule has 2 amide bonds. The van der Waals surface area contributed by atoms with Gasteiger partial charge in [-0.25, -0.2) is 8.78 Å². The number of rotatable bonds is 6. The lowest BCUT2D eigenvalue weighted by atomic mass is 9.93. The van der Waals surface area contributed by atoms with Gasteiger partial charge in [0, 0.05) is 51.3 Å². The number of hydrogen-bond donors (Lipinski definition) is 3. The Labute approximate surface area is 241 Å². The number of benzene rings is 3. The standard InChI is InChI=1S/C29H23ClF5N5O2/c1-28(2,13-36)40-12-16(11-37-40)14-7-21-24(25(39-27(21)42)20-10-18(31)3-4-22(20)30)23(8-14)38-26(41)15-5-17(29(33,34)35)9-19(32)6-15/h3-12,25H,13,36H2,1-2H3,(H,38,41)(H,39,42). The fourth-order valence-electron chi connectivity index (χ4n) is 4.65. The number of nitrogens with one attached hydrogen (secondary N) is 2. The monoisotopic (exact) mass is 603 g/mol. The summed E-state index contributed by atoms with van der Waals surface area (Å²) in [6.45, 7) is 4.01. The van der Waals surface area contributed by atoms with Crippen LogP contribution in [0.3, 0.4) is 0 Å². The Bertz CT molecular complexity index is 1730. The molecule has 0 saturated carbocycles. The lowest BCUT2D eigenvalue weighted by Crippen LogP contribution is -2.35. The largest absolute Gasteiger partial charge is 0.416 e. The molecule has 1 unspecified atom stereocenters. The van der Waals surface area contributed by atoms with Crippen molar-refractivity contribution in [3.63, 3.8) is 0 Å². The molecule has 42 heavy (non-hydrogen) atoms. The molecule has 13 heteroatoms. The third kappa shape index (κ3) is 5.47. The summed E-state index contributed by atoms with van der Waals surface area (Å²) in [4.78, 5) is 26.4. The second-order valence-electron chi connectivity index (χ2n) is 10.4. The van der Waals surface area contributed by atoms with Gasteiger partial charge in [-0.2, -0.15) is 18.3 Å². The van der Waals surface area contributed by atoms with Crippen molar-refractivity contribution in [2.75, 3.05) is 11.9 Å². The normalized spacial score (nSPS) is 15.0. The number of alkyl halides is 3. The molecule has 218 valence electrons. The molecule has 2 heterocycles. The lowest BCUT2D eigenvalue weighted by molar-refractivity contribution is -0.137. The minimum absolute atomic E-state index is 0.0137. The van der Waals surface area contributed by atoms with Crippen LogP contribution in [0, 0.1) is 11.6 Å². The Morgan fingerprint density at radius 2 is 1.81 bits per heavy atom.